The lowest BCUT2D eigenvalue weighted by atomic mass is 10.0. The SMILES string of the molecule is CCN(CC)CCCC[C@H](NC(=O)C(CC(C)C)NC(=O)[C@H](C)NC(=O)C(Cc1ccccc1)NC(=O)CNC(=O)c1ccccc1)C(=O)NC(CO)C(=O)OC. The summed E-state index contributed by atoms with van der Waals surface area (Å²) in [4.78, 5) is 94.0. The first-order chi connectivity index (χ1) is 27.2. The molecule has 314 valence electrons. The molecule has 16 heteroatoms. The predicted octanol–water partition coefficient (Wildman–Crippen LogP) is 0.827. The standard InChI is InChI=1S/C41H61N7O9/c1-7-48(8-2)22-16-15-21-31(38(53)47-34(26-49)41(56)57-6)45-40(55)32(23-27(3)4)46-36(51)28(5)43-39(54)33(24-29-17-11-9-12-18-29)44-35(50)25-42-37(52)30-19-13-10-14-20-30/h9-14,17-20,27-28,31-34,49H,7-8,15-16,21-26H2,1-6H3,(H,42,52)(H,43,54)(H,44,50)(H,45,55)(H,46,51)(H,47,53)/t28-,31-,32?,33?,34?/m0/s1. The van der Waals surface area contributed by atoms with E-state index in [1.54, 1.807) is 54.6 Å². The molecule has 0 saturated carbocycles. The molecule has 0 spiro atoms. The van der Waals surface area contributed by atoms with Crippen LogP contribution < -0.4 is 31.9 Å². The van der Waals surface area contributed by atoms with E-state index in [9.17, 15) is 38.7 Å². The van der Waals surface area contributed by atoms with E-state index in [1.165, 1.54) is 6.92 Å². The lowest BCUT2D eigenvalue weighted by Gasteiger charge is -2.27. The first-order valence-electron chi connectivity index (χ1n) is 19.5. The molecular weight excluding hydrogens is 734 g/mol. The Hall–Kier alpha value is -5.35. The minimum atomic E-state index is -1.34. The minimum absolute atomic E-state index is 0.0711. The molecule has 16 nitrogen and oxygen atoms in total. The summed E-state index contributed by atoms with van der Waals surface area (Å²) in [7, 11) is 1.13. The average Bonchev–Trinajstić information content (AvgIpc) is 3.20. The van der Waals surface area contributed by atoms with Crippen LogP contribution in [0.5, 0.6) is 0 Å². The first kappa shape index (κ1) is 47.8. The van der Waals surface area contributed by atoms with Gasteiger partial charge in [0, 0.05) is 12.0 Å². The van der Waals surface area contributed by atoms with Crippen molar-refractivity contribution in [2.75, 3.05) is 39.9 Å². The highest BCUT2D eigenvalue weighted by molar-refractivity contribution is 5.98. The van der Waals surface area contributed by atoms with Gasteiger partial charge < -0.3 is 46.6 Å². The number of benzene rings is 2. The van der Waals surface area contributed by atoms with Gasteiger partial charge in [-0.1, -0.05) is 76.2 Å². The van der Waals surface area contributed by atoms with Gasteiger partial charge in [-0.05, 0) is 75.9 Å². The zero-order valence-corrected chi connectivity index (χ0v) is 34.0. The zero-order valence-electron chi connectivity index (χ0n) is 34.0. The molecule has 2 rings (SSSR count). The monoisotopic (exact) mass is 795 g/mol. The van der Waals surface area contributed by atoms with Crippen LogP contribution >= 0.6 is 0 Å². The summed E-state index contributed by atoms with van der Waals surface area (Å²) in [6.45, 7) is 10.7. The van der Waals surface area contributed by atoms with Crippen molar-refractivity contribution in [2.24, 2.45) is 5.92 Å². The molecule has 0 heterocycles. The molecule has 0 radical (unpaired) electrons. The molecule has 57 heavy (non-hydrogen) atoms. The fourth-order valence-corrected chi connectivity index (χ4v) is 5.89. The summed E-state index contributed by atoms with van der Waals surface area (Å²) in [6, 6.07) is 11.5. The third kappa shape index (κ3) is 17.5. The fraction of sp³-hybridized carbons (Fsp3) is 0.537. The molecule has 2 aromatic carbocycles. The Labute approximate surface area is 335 Å². The van der Waals surface area contributed by atoms with Crippen LogP contribution in [0.25, 0.3) is 0 Å². The van der Waals surface area contributed by atoms with Crippen molar-refractivity contribution in [2.45, 2.75) is 96.9 Å². The quantitative estimate of drug-likeness (QED) is 0.0554. The van der Waals surface area contributed by atoms with Gasteiger partial charge in [-0.15, -0.1) is 0 Å². The van der Waals surface area contributed by atoms with Crippen LogP contribution in [0.2, 0.25) is 0 Å². The number of hydrogen-bond acceptors (Lipinski definition) is 10. The molecule has 0 aromatic heterocycles. The number of aliphatic hydroxyl groups is 1. The molecule has 0 aliphatic carbocycles. The lowest BCUT2D eigenvalue weighted by molar-refractivity contribution is -0.146. The van der Waals surface area contributed by atoms with Crippen molar-refractivity contribution in [3.8, 4) is 0 Å². The third-order valence-corrected chi connectivity index (χ3v) is 9.20. The Morgan fingerprint density at radius 2 is 1.25 bits per heavy atom. The van der Waals surface area contributed by atoms with E-state index in [4.69, 9.17) is 0 Å². The lowest BCUT2D eigenvalue weighted by Crippen LogP contribution is -2.59. The zero-order chi connectivity index (χ0) is 42.3. The Balaban J connectivity index is 2.17. The van der Waals surface area contributed by atoms with Crippen molar-refractivity contribution in [1.29, 1.82) is 0 Å². The fourth-order valence-electron chi connectivity index (χ4n) is 5.89. The number of rotatable bonds is 25. The molecule has 3 unspecified atom stereocenters. The van der Waals surface area contributed by atoms with Crippen molar-refractivity contribution in [3.63, 3.8) is 0 Å². The summed E-state index contributed by atoms with van der Waals surface area (Å²) >= 11 is 0. The number of carbonyl (C=O) groups excluding carboxylic acids is 7. The second-order valence-corrected chi connectivity index (χ2v) is 14.1. The predicted molar refractivity (Wildman–Crippen MR) is 214 cm³/mol. The number of hydrogen-bond donors (Lipinski definition) is 7. The third-order valence-electron chi connectivity index (χ3n) is 9.20. The van der Waals surface area contributed by atoms with Gasteiger partial charge in [0.25, 0.3) is 5.91 Å². The number of nitrogens with zero attached hydrogens (tertiary/aromatic N) is 1. The van der Waals surface area contributed by atoms with Crippen molar-refractivity contribution in [1.82, 2.24) is 36.8 Å². The maximum Gasteiger partial charge on any atom is 0.330 e. The van der Waals surface area contributed by atoms with E-state index in [0.29, 0.717) is 12.0 Å². The van der Waals surface area contributed by atoms with Gasteiger partial charge in [0.15, 0.2) is 6.04 Å². The van der Waals surface area contributed by atoms with Crippen LogP contribution in [-0.2, 0) is 39.9 Å². The number of nitrogens with one attached hydrogen (secondary N) is 6. The van der Waals surface area contributed by atoms with Crippen LogP contribution in [-0.4, -0.2) is 122 Å². The Morgan fingerprint density at radius 1 is 0.684 bits per heavy atom. The topological polar surface area (TPSA) is 224 Å². The molecular formula is C41H61N7O9. The summed E-state index contributed by atoms with van der Waals surface area (Å²) < 4.78 is 4.67. The highest BCUT2D eigenvalue weighted by atomic mass is 16.5. The number of carbonyl (C=O) groups is 7. The normalized spacial score (nSPS) is 13.6. The molecule has 0 saturated heterocycles. The average molecular weight is 796 g/mol. The second-order valence-electron chi connectivity index (χ2n) is 14.1. The summed E-state index contributed by atoms with van der Waals surface area (Å²) in [6.07, 6.45) is 1.79. The van der Waals surface area contributed by atoms with Gasteiger partial charge in [0.05, 0.1) is 20.3 Å². The molecule has 5 atom stereocenters. The van der Waals surface area contributed by atoms with E-state index in [0.717, 1.165) is 38.7 Å². The molecule has 0 aliphatic heterocycles. The molecule has 6 amide bonds. The van der Waals surface area contributed by atoms with Gasteiger partial charge in [0.2, 0.25) is 29.5 Å². The van der Waals surface area contributed by atoms with Crippen molar-refractivity contribution in [3.05, 3.63) is 71.8 Å². The van der Waals surface area contributed by atoms with Crippen LogP contribution in [0.3, 0.4) is 0 Å². The first-order valence-corrected chi connectivity index (χ1v) is 19.5. The Bertz CT molecular complexity index is 1590. The number of esters is 1. The van der Waals surface area contributed by atoms with Gasteiger partial charge in [-0.25, -0.2) is 4.79 Å². The van der Waals surface area contributed by atoms with Gasteiger partial charge in [-0.2, -0.15) is 0 Å². The van der Waals surface area contributed by atoms with Gasteiger partial charge >= 0.3 is 5.97 Å². The van der Waals surface area contributed by atoms with E-state index in [2.05, 4.69) is 55.4 Å². The molecule has 7 N–H and O–H groups in total. The number of methoxy groups -OCH3 is 1. The van der Waals surface area contributed by atoms with Crippen LogP contribution in [0, 0.1) is 5.92 Å². The highest BCUT2D eigenvalue weighted by Crippen LogP contribution is 2.10. The van der Waals surface area contributed by atoms with Crippen LogP contribution in [0.4, 0.5) is 0 Å². The van der Waals surface area contributed by atoms with Crippen molar-refractivity contribution >= 4 is 41.4 Å². The largest absolute Gasteiger partial charge is 0.467 e. The summed E-state index contributed by atoms with van der Waals surface area (Å²) in [5, 5.41) is 25.4. The number of ether oxygens (including phenoxy) is 1. The van der Waals surface area contributed by atoms with Gasteiger partial charge in [-0.3, -0.25) is 28.8 Å². The van der Waals surface area contributed by atoms with E-state index in [1.807, 2.05) is 19.9 Å². The molecule has 0 aliphatic rings. The maximum atomic E-state index is 13.8. The Morgan fingerprint density at radius 3 is 1.82 bits per heavy atom. The van der Waals surface area contributed by atoms with E-state index >= 15 is 0 Å². The molecule has 0 bridgehead atoms. The molecule has 2 aromatic rings. The Kier molecular flexibility index (Phi) is 21.6. The van der Waals surface area contributed by atoms with Crippen LogP contribution in [0.1, 0.15) is 76.2 Å². The molecule has 0 fully saturated rings. The number of unbranched alkanes of at least 4 members (excludes halogenated alkanes) is 1. The van der Waals surface area contributed by atoms with Gasteiger partial charge in [0.1, 0.15) is 24.2 Å². The maximum absolute atomic E-state index is 13.8. The number of aliphatic hydroxyl groups excluding tert-OH is 1. The second kappa shape index (κ2) is 25.7. The summed E-state index contributed by atoms with van der Waals surface area (Å²) in [5.74, 6) is -4.70. The smallest absolute Gasteiger partial charge is 0.330 e. The van der Waals surface area contributed by atoms with Crippen LogP contribution in [0.15, 0.2) is 60.7 Å². The highest BCUT2D eigenvalue weighted by Gasteiger charge is 2.32. The van der Waals surface area contributed by atoms with Crippen molar-refractivity contribution < 1.29 is 43.4 Å². The minimum Gasteiger partial charge on any atom is -0.467 e. The number of amides is 6. The van der Waals surface area contributed by atoms with E-state index < -0.39 is 84.8 Å². The van der Waals surface area contributed by atoms with E-state index in [-0.39, 0.29) is 25.2 Å². The summed E-state index contributed by atoms with van der Waals surface area (Å²) in [5.41, 5.74) is 1.10.